The molecule has 96 valence electrons. The number of benzene rings is 1. The quantitative estimate of drug-likeness (QED) is 0.705. The lowest BCUT2D eigenvalue weighted by atomic mass is 9.96. The molecule has 0 bridgehead atoms. The molecule has 1 nitrogen and oxygen atoms in total. The van der Waals surface area contributed by atoms with Crippen molar-refractivity contribution in [2.75, 3.05) is 13.1 Å². The van der Waals surface area contributed by atoms with Crippen LogP contribution in [0.3, 0.4) is 0 Å². The third kappa shape index (κ3) is 5.36. The average Bonchev–Trinajstić information content (AvgIpc) is 2.30. The topological polar surface area (TPSA) is 12.0 Å². The van der Waals surface area contributed by atoms with Crippen molar-refractivity contribution in [3.8, 4) is 0 Å². The first-order valence-corrected chi connectivity index (χ1v) is 6.90. The highest BCUT2D eigenvalue weighted by Gasteiger charge is 2.04. The van der Waals surface area contributed by atoms with Gasteiger partial charge in [-0.3, -0.25) is 0 Å². The first-order chi connectivity index (χ1) is 8.13. The van der Waals surface area contributed by atoms with Gasteiger partial charge in [0.2, 0.25) is 0 Å². The van der Waals surface area contributed by atoms with Crippen LogP contribution < -0.4 is 5.32 Å². The van der Waals surface area contributed by atoms with Crippen molar-refractivity contribution in [3.63, 3.8) is 0 Å². The van der Waals surface area contributed by atoms with E-state index in [1.807, 2.05) is 0 Å². The third-order valence-corrected chi connectivity index (χ3v) is 3.40. The molecule has 0 aliphatic rings. The fourth-order valence-corrected chi connectivity index (χ4v) is 2.09. The number of hydrogen-bond donors (Lipinski definition) is 1. The van der Waals surface area contributed by atoms with Crippen molar-refractivity contribution in [1.29, 1.82) is 0 Å². The molecule has 1 aromatic rings. The summed E-state index contributed by atoms with van der Waals surface area (Å²) in [4.78, 5) is 0. The van der Waals surface area contributed by atoms with Gasteiger partial charge in [0.25, 0.3) is 0 Å². The van der Waals surface area contributed by atoms with E-state index in [-0.39, 0.29) is 0 Å². The highest BCUT2D eigenvalue weighted by molar-refractivity contribution is 5.30. The van der Waals surface area contributed by atoms with Crippen LogP contribution in [0.5, 0.6) is 0 Å². The number of rotatable bonds is 7. The maximum Gasteiger partial charge on any atom is -0.00463 e. The molecule has 0 heterocycles. The second-order valence-corrected chi connectivity index (χ2v) is 5.27. The van der Waals surface area contributed by atoms with Gasteiger partial charge in [-0.15, -0.1) is 0 Å². The first kappa shape index (κ1) is 14.2. The summed E-state index contributed by atoms with van der Waals surface area (Å²) < 4.78 is 0. The smallest absolute Gasteiger partial charge is 0.00463 e. The van der Waals surface area contributed by atoms with E-state index in [2.05, 4.69) is 51.2 Å². The standard InChI is InChI=1S/C16H27N/c1-5-9-17-10-8-13(2)11-16-7-6-14(3)15(4)12-16/h6-7,12-13,17H,5,8-11H2,1-4H3. The zero-order valence-corrected chi connectivity index (χ0v) is 11.8. The second-order valence-electron chi connectivity index (χ2n) is 5.27. The van der Waals surface area contributed by atoms with Crippen molar-refractivity contribution in [1.82, 2.24) is 5.32 Å². The minimum Gasteiger partial charge on any atom is -0.317 e. The van der Waals surface area contributed by atoms with E-state index in [9.17, 15) is 0 Å². The molecule has 0 saturated heterocycles. The lowest BCUT2D eigenvalue weighted by Gasteiger charge is -2.13. The fraction of sp³-hybridized carbons (Fsp3) is 0.625. The van der Waals surface area contributed by atoms with Crippen molar-refractivity contribution in [2.45, 2.75) is 47.0 Å². The minimum atomic E-state index is 0.765. The Bertz CT molecular complexity index is 330. The van der Waals surface area contributed by atoms with Gasteiger partial charge in [-0.2, -0.15) is 0 Å². The van der Waals surface area contributed by atoms with Crippen LogP contribution in [-0.4, -0.2) is 13.1 Å². The molecule has 0 spiro atoms. The Balaban J connectivity index is 2.34. The molecule has 1 aromatic carbocycles. The fourth-order valence-electron chi connectivity index (χ4n) is 2.09. The van der Waals surface area contributed by atoms with Crippen molar-refractivity contribution in [2.24, 2.45) is 5.92 Å². The molecule has 0 saturated carbocycles. The van der Waals surface area contributed by atoms with Gasteiger partial charge >= 0.3 is 0 Å². The van der Waals surface area contributed by atoms with Gasteiger partial charge in [0, 0.05) is 0 Å². The van der Waals surface area contributed by atoms with Gasteiger partial charge in [0.15, 0.2) is 0 Å². The molecular weight excluding hydrogens is 206 g/mol. The predicted molar refractivity (Wildman–Crippen MR) is 76.6 cm³/mol. The van der Waals surface area contributed by atoms with Crippen LogP contribution in [-0.2, 0) is 6.42 Å². The Morgan fingerprint density at radius 1 is 1.12 bits per heavy atom. The molecule has 1 N–H and O–H groups in total. The molecule has 1 rings (SSSR count). The van der Waals surface area contributed by atoms with Gasteiger partial charge in [-0.05, 0) is 68.8 Å². The Kier molecular flexibility index (Phi) is 6.28. The van der Waals surface area contributed by atoms with E-state index < -0.39 is 0 Å². The average molecular weight is 233 g/mol. The largest absolute Gasteiger partial charge is 0.317 e. The maximum atomic E-state index is 3.47. The molecule has 1 atom stereocenters. The van der Waals surface area contributed by atoms with E-state index in [4.69, 9.17) is 0 Å². The normalized spacial score (nSPS) is 12.7. The summed E-state index contributed by atoms with van der Waals surface area (Å²) >= 11 is 0. The van der Waals surface area contributed by atoms with Gasteiger partial charge in [-0.1, -0.05) is 32.0 Å². The van der Waals surface area contributed by atoms with Gasteiger partial charge in [0.1, 0.15) is 0 Å². The summed E-state index contributed by atoms with van der Waals surface area (Å²) in [5.41, 5.74) is 4.29. The molecule has 0 aliphatic heterocycles. The summed E-state index contributed by atoms with van der Waals surface area (Å²) in [6, 6.07) is 6.86. The molecule has 0 aliphatic carbocycles. The first-order valence-electron chi connectivity index (χ1n) is 6.90. The molecule has 1 unspecified atom stereocenters. The lowest BCUT2D eigenvalue weighted by Crippen LogP contribution is -2.18. The van der Waals surface area contributed by atoms with E-state index in [1.54, 1.807) is 0 Å². The van der Waals surface area contributed by atoms with Gasteiger partial charge in [0.05, 0.1) is 0 Å². The van der Waals surface area contributed by atoms with Crippen molar-refractivity contribution >= 4 is 0 Å². The highest BCUT2D eigenvalue weighted by Crippen LogP contribution is 2.15. The third-order valence-electron chi connectivity index (χ3n) is 3.40. The SMILES string of the molecule is CCCNCCC(C)Cc1ccc(C)c(C)c1. The van der Waals surface area contributed by atoms with E-state index in [0.29, 0.717) is 0 Å². The molecule has 0 radical (unpaired) electrons. The highest BCUT2D eigenvalue weighted by atomic mass is 14.8. The molecular formula is C16H27N. The monoisotopic (exact) mass is 233 g/mol. The lowest BCUT2D eigenvalue weighted by molar-refractivity contribution is 0.498. The zero-order valence-electron chi connectivity index (χ0n) is 11.8. The van der Waals surface area contributed by atoms with Crippen LogP contribution in [0.1, 0.15) is 43.4 Å². The summed E-state index contributed by atoms with van der Waals surface area (Å²) in [7, 11) is 0. The molecule has 0 fully saturated rings. The number of hydrogen-bond acceptors (Lipinski definition) is 1. The Morgan fingerprint density at radius 3 is 2.53 bits per heavy atom. The second kappa shape index (κ2) is 7.50. The van der Waals surface area contributed by atoms with E-state index >= 15 is 0 Å². The van der Waals surface area contributed by atoms with Crippen molar-refractivity contribution < 1.29 is 0 Å². The van der Waals surface area contributed by atoms with Crippen molar-refractivity contribution in [3.05, 3.63) is 34.9 Å². The molecule has 0 aromatic heterocycles. The summed E-state index contributed by atoms with van der Waals surface area (Å²) in [5.74, 6) is 0.765. The Hall–Kier alpha value is -0.820. The van der Waals surface area contributed by atoms with Crippen LogP contribution in [0.2, 0.25) is 0 Å². The Morgan fingerprint density at radius 2 is 1.88 bits per heavy atom. The number of aryl methyl sites for hydroxylation is 2. The molecule has 0 amide bonds. The maximum absolute atomic E-state index is 3.47. The van der Waals surface area contributed by atoms with E-state index in [1.165, 1.54) is 36.0 Å². The summed E-state index contributed by atoms with van der Waals surface area (Å²) in [6.07, 6.45) is 3.70. The minimum absolute atomic E-state index is 0.765. The van der Waals surface area contributed by atoms with E-state index in [0.717, 1.165) is 19.0 Å². The predicted octanol–water partition coefficient (Wildman–Crippen LogP) is 3.87. The van der Waals surface area contributed by atoms with Gasteiger partial charge < -0.3 is 5.32 Å². The van der Waals surface area contributed by atoms with Crippen LogP contribution in [0.15, 0.2) is 18.2 Å². The number of nitrogens with one attached hydrogen (secondary N) is 1. The molecule has 17 heavy (non-hydrogen) atoms. The van der Waals surface area contributed by atoms with Crippen LogP contribution in [0.25, 0.3) is 0 Å². The van der Waals surface area contributed by atoms with Crippen LogP contribution in [0.4, 0.5) is 0 Å². The zero-order chi connectivity index (χ0) is 12.7. The molecule has 1 heteroatoms. The summed E-state index contributed by atoms with van der Waals surface area (Å²) in [6.45, 7) is 11.2. The van der Waals surface area contributed by atoms with Gasteiger partial charge in [-0.25, -0.2) is 0 Å². The van der Waals surface area contributed by atoms with Crippen LogP contribution in [0, 0.1) is 19.8 Å². The summed E-state index contributed by atoms with van der Waals surface area (Å²) in [5, 5.41) is 3.47. The Labute approximate surface area is 107 Å². The van der Waals surface area contributed by atoms with Crippen LogP contribution >= 0.6 is 0 Å².